The van der Waals surface area contributed by atoms with Gasteiger partial charge < -0.3 is 40.1 Å². The summed E-state index contributed by atoms with van der Waals surface area (Å²) in [5.74, 6) is -0.434. The van der Waals surface area contributed by atoms with E-state index in [4.69, 9.17) is 19.4 Å². The molecule has 19 nitrogen and oxygen atoms in total. The van der Waals surface area contributed by atoms with E-state index in [0.717, 1.165) is 53.6 Å². The van der Waals surface area contributed by atoms with Crippen molar-refractivity contribution < 1.29 is 42.4 Å². The van der Waals surface area contributed by atoms with Gasteiger partial charge in [0.25, 0.3) is 0 Å². The number of aryl methyl sites for hydroxylation is 1. The summed E-state index contributed by atoms with van der Waals surface area (Å²) in [5, 5.41) is 49.9. The molecule has 3 saturated heterocycles. The Hall–Kier alpha value is -7.95. The molecule has 5 aliphatic rings. The monoisotopic (exact) mass is 1130 g/mol. The standard InChI is InChI=1S/C61H66F3N13O6/c1-5-76-49(16-19-67-76)38-14-12-37(13-15-38)48(29-78)68-57(80)50-21-41(79)27-75(50)58(81)54(32(2)3)77-28-47(72-73-77)36-8-6-34(7-9-36)30-82-55-52(51-33(4)45(62)23-46-44(51)25-66-71-46)42(35-10-11-35)22-43-53(55)69-60(83-31-61(17-18-61)59(63)64)70-56(43)74-26-39-20-40(74)24-65-39/h6-9,12-16,19,22-23,25,28,32,35,39-41,48,50,54,59,65,78-79H,5,10-11,17-18,20-21,24,26-27,29-31H2,1-4H3,(H,66,71)(H,68,80)/t39-,40-,41+,48-,50-,54-/m0/s1. The van der Waals surface area contributed by atoms with Crippen LogP contribution in [0.5, 0.6) is 11.8 Å². The minimum Gasteiger partial charge on any atom is -0.486 e. The van der Waals surface area contributed by atoms with E-state index < -0.39 is 53.7 Å². The lowest BCUT2D eigenvalue weighted by molar-refractivity contribution is -0.142. The second-order valence-corrected chi connectivity index (χ2v) is 23.5. The number of hydrogen-bond acceptors (Lipinski definition) is 14. The van der Waals surface area contributed by atoms with Crippen molar-refractivity contribution in [3.8, 4) is 45.4 Å². The number of nitrogens with zero attached hydrogens (tertiary/aromatic N) is 10. The Labute approximate surface area is 476 Å². The zero-order chi connectivity index (χ0) is 57.4. The van der Waals surface area contributed by atoms with Crippen LogP contribution in [0, 0.1) is 24.1 Å². The number of nitrogens with one attached hydrogen (secondary N) is 3. The number of fused-ring (bicyclic) bond motifs is 4. The van der Waals surface area contributed by atoms with Gasteiger partial charge in [-0.05, 0) is 104 Å². The average molecular weight is 1130 g/mol. The zero-order valence-corrected chi connectivity index (χ0v) is 46.6. The number of H-pyrrole nitrogens is 1. The zero-order valence-electron chi connectivity index (χ0n) is 46.6. The molecule has 0 radical (unpaired) electrons. The number of β-amino-alcohol motifs (C(OH)–C–C–N with tert-alkyl or cyclic N) is 1. The van der Waals surface area contributed by atoms with Crippen LogP contribution in [0.25, 0.3) is 55.4 Å². The van der Waals surface area contributed by atoms with Gasteiger partial charge in [-0.2, -0.15) is 20.2 Å². The number of piperazine rings is 1. The van der Waals surface area contributed by atoms with Gasteiger partial charge in [-0.15, -0.1) is 5.10 Å². The van der Waals surface area contributed by atoms with E-state index in [1.54, 1.807) is 25.5 Å². The number of ether oxygens (including phenoxy) is 2. The number of amides is 2. The van der Waals surface area contributed by atoms with Crippen LogP contribution in [-0.4, -0.2) is 135 Å². The number of aromatic nitrogens is 9. The highest BCUT2D eigenvalue weighted by Crippen LogP contribution is 2.54. The van der Waals surface area contributed by atoms with Gasteiger partial charge in [0, 0.05) is 78.3 Å². The molecular formula is C61H66F3N13O6. The van der Waals surface area contributed by atoms with Crippen molar-refractivity contribution in [1.29, 1.82) is 0 Å². The highest BCUT2D eigenvalue weighted by molar-refractivity contribution is 6.06. The third kappa shape index (κ3) is 10.1. The Morgan fingerprint density at radius 1 is 0.952 bits per heavy atom. The highest BCUT2D eigenvalue weighted by Gasteiger charge is 2.52. The predicted molar refractivity (Wildman–Crippen MR) is 303 cm³/mol. The summed E-state index contributed by atoms with van der Waals surface area (Å²) in [4.78, 5) is 42.4. The number of hydrogen-bond donors (Lipinski definition) is 5. The maximum absolute atomic E-state index is 16.1. The smallest absolute Gasteiger partial charge is 0.319 e. The second-order valence-electron chi connectivity index (χ2n) is 23.5. The number of aliphatic hydroxyl groups excluding tert-OH is 2. The predicted octanol–water partition coefficient (Wildman–Crippen LogP) is 8.20. The summed E-state index contributed by atoms with van der Waals surface area (Å²) in [6.45, 7) is 9.05. The van der Waals surface area contributed by atoms with Gasteiger partial charge in [-0.3, -0.25) is 19.4 Å². The van der Waals surface area contributed by atoms with Crippen LogP contribution in [-0.2, 0) is 22.7 Å². The minimum atomic E-state index is -2.56. The average Bonchev–Trinajstić information content (AvgIpc) is 4.13. The number of benzene rings is 4. The van der Waals surface area contributed by atoms with Crippen LogP contribution in [0.4, 0.5) is 19.0 Å². The van der Waals surface area contributed by atoms with Gasteiger partial charge in [0.1, 0.15) is 48.1 Å². The molecule has 4 aromatic carbocycles. The van der Waals surface area contributed by atoms with Crippen LogP contribution >= 0.6 is 0 Å². The van der Waals surface area contributed by atoms with Crippen molar-refractivity contribution >= 4 is 39.4 Å². The summed E-state index contributed by atoms with van der Waals surface area (Å²) in [6, 6.07) is 18.3. The maximum atomic E-state index is 16.1. The molecule has 7 heterocycles. The summed E-state index contributed by atoms with van der Waals surface area (Å²) >= 11 is 0. The first-order valence-electron chi connectivity index (χ1n) is 28.8. The van der Waals surface area contributed by atoms with Crippen molar-refractivity contribution in [2.75, 3.05) is 37.7 Å². The van der Waals surface area contributed by atoms with Crippen molar-refractivity contribution in [2.45, 2.75) is 128 Å². The molecule has 0 spiro atoms. The first-order chi connectivity index (χ1) is 40.2. The lowest BCUT2D eigenvalue weighted by atomic mass is 9.88. The van der Waals surface area contributed by atoms with Crippen molar-refractivity contribution in [3.63, 3.8) is 0 Å². The van der Waals surface area contributed by atoms with Gasteiger partial charge in [-0.25, -0.2) is 17.9 Å². The minimum absolute atomic E-state index is 0.0209. The highest BCUT2D eigenvalue weighted by atomic mass is 19.3. The lowest BCUT2D eigenvalue weighted by Gasteiger charge is -2.30. The third-order valence-corrected chi connectivity index (χ3v) is 17.6. The molecule has 2 aliphatic carbocycles. The van der Waals surface area contributed by atoms with Gasteiger partial charge in [0.05, 0.1) is 47.8 Å². The molecule has 3 aliphatic heterocycles. The third-order valence-electron chi connectivity index (χ3n) is 17.6. The van der Waals surface area contributed by atoms with Crippen molar-refractivity contribution in [1.82, 2.24) is 60.5 Å². The van der Waals surface area contributed by atoms with E-state index in [2.05, 4.69) is 47.2 Å². The Morgan fingerprint density at radius 3 is 2.42 bits per heavy atom. The van der Waals surface area contributed by atoms with Crippen LogP contribution in [0.3, 0.4) is 0 Å². The quantitative estimate of drug-likeness (QED) is 0.0485. The Kier molecular flexibility index (Phi) is 14.2. The number of carbonyl (C=O) groups excluding carboxylic acids is 2. The van der Waals surface area contributed by atoms with Crippen LogP contribution in [0.15, 0.2) is 85.3 Å². The fourth-order valence-electron chi connectivity index (χ4n) is 12.6. The van der Waals surface area contributed by atoms with Crippen molar-refractivity contribution in [3.05, 3.63) is 113 Å². The molecule has 2 saturated carbocycles. The molecule has 13 rings (SSSR count). The van der Waals surface area contributed by atoms with E-state index in [0.29, 0.717) is 87.4 Å². The number of aliphatic hydroxyl groups is 2. The van der Waals surface area contributed by atoms with Crippen molar-refractivity contribution in [2.24, 2.45) is 11.3 Å². The second kappa shape index (κ2) is 21.7. The SMILES string of the molecule is CCn1nccc1-c1ccc([C@H](CO)NC(=O)[C@@H]2C[C@@H](O)CN2C(=O)[C@H](C(C)C)n2cc(-c3ccc(COc4c(-c5c(C)c(F)cc6[nH]ncc56)c(C5CC5)cc5c(N6C[C@@H]7C[C@H]6CN7)nc(OCC6(C(F)F)CC6)nc45)cc3)nn2)cc1. The van der Waals surface area contributed by atoms with Gasteiger partial charge >= 0.3 is 6.01 Å². The van der Waals surface area contributed by atoms with Gasteiger partial charge in [0.2, 0.25) is 18.2 Å². The number of anilines is 1. The van der Waals surface area contributed by atoms with Crippen LogP contribution in [0.2, 0.25) is 0 Å². The first kappa shape index (κ1) is 54.3. The fraction of sp³-hybridized carbons (Fsp3) is 0.443. The molecule has 0 unspecified atom stereocenters. The van der Waals surface area contributed by atoms with E-state index >= 15 is 4.39 Å². The largest absolute Gasteiger partial charge is 0.486 e. The number of rotatable bonds is 20. The molecule has 432 valence electrons. The molecule has 2 amide bonds. The maximum Gasteiger partial charge on any atom is 0.319 e. The number of aromatic amines is 1. The van der Waals surface area contributed by atoms with E-state index in [9.17, 15) is 28.6 Å². The normalized spacial score (nSPS) is 20.8. The van der Waals surface area contributed by atoms with Gasteiger partial charge in [0.15, 0.2) is 5.75 Å². The summed E-state index contributed by atoms with van der Waals surface area (Å²) in [5.41, 5.74) is 6.90. The molecule has 83 heavy (non-hydrogen) atoms. The number of halogens is 3. The molecule has 5 N–H and O–H groups in total. The first-order valence-corrected chi connectivity index (χ1v) is 28.8. The summed E-state index contributed by atoms with van der Waals surface area (Å²) in [7, 11) is 0. The number of likely N-dealkylation sites (tertiary alicyclic amines) is 1. The molecule has 4 aromatic heterocycles. The lowest BCUT2D eigenvalue weighted by Crippen LogP contribution is -2.50. The van der Waals surface area contributed by atoms with Crippen LogP contribution in [0.1, 0.15) is 99.6 Å². The molecule has 22 heteroatoms. The topological polar surface area (TPSA) is 227 Å². The summed E-state index contributed by atoms with van der Waals surface area (Å²) < 4.78 is 61.4. The number of alkyl halides is 2. The molecule has 5 fully saturated rings. The summed E-state index contributed by atoms with van der Waals surface area (Å²) in [6.07, 6.45) is 5.10. The number of carbonyl (C=O) groups is 2. The van der Waals surface area contributed by atoms with E-state index in [1.807, 2.05) is 80.1 Å². The van der Waals surface area contributed by atoms with E-state index in [1.165, 1.54) is 15.6 Å². The van der Waals surface area contributed by atoms with Gasteiger partial charge in [-0.1, -0.05) is 67.6 Å². The molecular weight excluding hydrogens is 1070 g/mol. The molecule has 2 bridgehead atoms. The Balaban J connectivity index is 0.782. The molecule has 8 aromatic rings. The van der Waals surface area contributed by atoms with Crippen LogP contribution < -0.4 is 25.0 Å². The molecule has 6 atom stereocenters. The van der Waals surface area contributed by atoms with E-state index in [-0.39, 0.29) is 62.7 Å². The Morgan fingerprint density at radius 2 is 1.73 bits per heavy atom. The Bertz CT molecular complexity index is 3750. The fourth-order valence-corrected chi connectivity index (χ4v) is 12.6.